The maximum atomic E-state index is 14.8. The van der Waals surface area contributed by atoms with Crippen LogP contribution in [-0.4, -0.2) is 82.5 Å². The summed E-state index contributed by atoms with van der Waals surface area (Å²) in [5.41, 5.74) is 2.21. The molecule has 1 aromatic heterocycles. The molecule has 13 nitrogen and oxygen atoms in total. The number of anilines is 1. The Kier molecular flexibility index (Phi) is 9.39. The van der Waals surface area contributed by atoms with Crippen LogP contribution in [-0.2, 0) is 47.6 Å². The van der Waals surface area contributed by atoms with Crippen molar-refractivity contribution < 1.29 is 32.3 Å². The van der Waals surface area contributed by atoms with Gasteiger partial charge in [0.05, 0.1) is 24.0 Å². The second-order valence-electron chi connectivity index (χ2n) is 16.5. The molecule has 4 amide bonds. The van der Waals surface area contributed by atoms with Gasteiger partial charge in [-0.05, 0) is 61.1 Å². The summed E-state index contributed by atoms with van der Waals surface area (Å²) in [6.07, 6.45) is 9.94. The van der Waals surface area contributed by atoms with Crippen LogP contribution >= 0.6 is 11.3 Å². The van der Waals surface area contributed by atoms with Crippen LogP contribution in [0.2, 0.25) is 0 Å². The Hall–Kier alpha value is -4.24. The molecule has 8 rings (SSSR count). The van der Waals surface area contributed by atoms with E-state index in [0.717, 1.165) is 54.5 Å². The van der Waals surface area contributed by atoms with Gasteiger partial charge in [-0.2, -0.15) is 0 Å². The van der Waals surface area contributed by atoms with E-state index >= 15 is 0 Å². The second kappa shape index (κ2) is 13.8. The zero-order chi connectivity index (χ0) is 38.0. The topological polar surface area (TPSA) is 167 Å². The molecular weight excluding hydrogens is 729 g/mol. The molecule has 0 unspecified atom stereocenters. The summed E-state index contributed by atoms with van der Waals surface area (Å²) in [6.45, 7) is 8.82. The first-order valence-corrected chi connectivity index (χ1v) is 21.5. The molecule has 288 valence electrons. The van der Waals surface area contributed by atoms with E-state index in [1.807, 2.05) is 23.6 Å². The molecule has 3 saturated carbocycles. The molecule has 54 heavy (non-hydrogen) atoms. The van der Waals surface area contributed by atoms with Crippen molar-refractivity contribution in [1.29, 1.82) is 0 Å². The van der Waals surface area contributed by atoms with Gasteiger partial charge in [0.1, 0.15) is 23.7 Å². The number of hydrogen-bond acceptors (Lipinski definition) is 10. The van der Waals surface area contributed by atoms with E-state index in [4.69, 9.17) is 9.72 Å². The number of carbonyl (C=O) groups is 4. The van der Waals surface area contributed by atoms with Gasteiger partial charge in [-0.25, -0.2) is 18.2 Å². The van der Waals surface area contributed by atoms with Crippen LogP contribution in [0.15, 0.2) is 42.3 Å². The number of amides is 4. The fourth-order valence-corrected chi connectivity index (χ4v) is 10.9. The molecule has 4 fully saturated rings. The zero-order valence-electron chi connectivity index (χ0n) is 30.7. The number of carbonyl (C=O) groups excluding carboxylic acids is 4. The number of aromatic nitrogens is 1. The second-order valence-corrected chi connectivity index (χ2v) is 19.3. The van der Waals surface area contributed by atoms with Gasteiger partial charge >= 0.3 is 6.09 Å². The number of fused-ring (bicyclic) bond motifs is 5. The third-order valence-electron chi connectivity index (χ3n) is 12.2. The number of hydrogen-bond donors (Lipinski definition) is 3. The summed E-state index contributed by atoms with van der Waals surface area (Å²) in [5.74, 6) is -2.22. The van der Waals surface area contributed by atoms with E-state index in [1.165, 1.54) is 22.3 Å². The molecule has 0 radical (unpaired) electrons. The Labute approximate surface area is 320 Å². The van der Waals surface area contributed by atoms with E-state index in [0.29, 0.717) is 31.1 Å². The van der Waals surface area contributed by atoms with Gasteiger partial charge in [0.25, 0.3) is 5.91 Å². The quantitative estimate of drug-likeness (QED) is 0.341. The van der Waals surface area contributed by atoms with Gasteiger partial charge in [-0.1, -0.05) is 63.1 Å². The first kappa shape index (κ1) is 36.7. The van der Waals surface area contributed by atoms with Crippen molar-refractivity contribution in [3.63, 3.8) is 0 Å². The molecule has 3 N–H and O–H groups in total. The van der Waals surface area contributed by atoms with Crippen LogP contribution < -0.4 is 15.4 Å². The molecule has 5 atom stereocenters. The van der Waals surface area contributed by atoms with Crippen LogP contribution in [0.4, 0.5) is 9.93 Å². The molecule has 6 aliphatic rings. The predicted octanol–water partition coefficient (Wildman–Crippen LogP) is 4.60. The lowest BCUT2D eigenvalue weighted by molar-refractivity contribution is -0.141. The summed E-state index contributed by atoms with van der Waals surface area (Å²) in [7, 11) is -3.88. The third kappa shape index (κ3) is 6.93. The minimum atomic E-state index is -3.88. The fraction of sp³-hybridized carbons (Fsp3) is 0.564. The lowest BCUT2D eigenvalue weighted by Crippen LogP contribution is -2.58. The number of benzene rings is 1. The molecule has 3 aliphatic heterocycles. The van der Waals surface area contributed by atoms with Crippen LogP contribution in [0.1, 0.15) is 94.0 Å². The highest BCUT2D eigenvalue weighted by Crippen LogP contribution is 2.46. The summed E-state index contributed by atoms with van der Waals surface area (Å²) >= 11 is 1.45. The van der Waals surface area contributed by atoms with Crippen molar-refractivity contribution >= 4 is 56.4 Å². The molecule has 4 heterocycles. The molecule has 1 aromatic carbocycles. The molecule has 15 heteroatoms. The van der Waals surface area contributed by atoms with E-state index in [1.54, 1.807) is 4.90 Å². The number of rotatable bonds is 7. The molecule has 6 bridgehead atoms. The van der Waals surface area contributed by atoms with Gasteiger partial charge < -0.3 is 20.3 Å². The SMILES string of the molecule is C=C[C@@H]1C[C@]1(NC(=O)[C@@H]1C[C@@H]2CN1C(=O)[C@H](C1CCCC1)Nc1nc(cs1)C(C)(C)C/C=C/c1cccc3c1CN(C3)C(=O)O2)C(=O)NS(=O)(=O)C1CC1. The molecular formula is C39H48N6O7S2. The molecule has 0 spiro atoms. The van der Waals surface area contributed by atoms with Gasteiger partial charge in [-0.3, -0.25) is 24.0 Å². The maximum Gasteiger partial charge on any atom is 0.410 e. The summed E-state index contributed by atoms with van der Waals surface area (Å²) in [6, 6.07) is 4.27. The third-order valence-corrected chi connectivity index (χ3v) is 14.8. The number of sulfonamides is 1. The highest BCUT2D eigenvalue weighted by molar-refractivity contribution is 7.91. The number of allylic oxidation sites excluding steroid dienone is 1. The largest absolute Gasteiger partial charge is 0.444 e. The van der Waals surface area contributed by atoms with Gasteiger partial charge in [-0.15, -0.1) is 17.9 Å². The van der Waals surface area contributed by atoms with Crippen LogP contribution in [0, 0.1) is 11.8 Å². The lowest BCUT2D eigenvalue weighted by atomic mass is 9.86. The smallest absolute Gasteiger partial charge is 0.410 e. The Morgan fingerprint density at radius 2 is 1.91 bits per heavy atom. The lowest BCUT2D eigenvalue weighted by Gasteiger charge is -2.32. The highest BCUT2D eigenvalue weighted by atomic mass is 32.2. The Morgan fingerprint density at radius 1 is 1.13 bits per heavy atom. The first-order valence-electron chi connectivity index (χ1n) is 19.0. The first-order chi connectivity index (χ1) is 25.8. The monoisotopic (exact) mass is 776 g/mol. The number of thiazole rings is 1. The van der Waals surface area contributed by atoms with Crippen LogP contribution in [0.5, 0.6) is 0 Å². The Morgan fingerprint density at radius 3 is 2.63 bits per heavy atom. The highest BCUT2D eigenvalue weighted by Gasteiger charge is 2.62. The van der Waals surface area contributed by atoms with Gasteiger partial charge in [0.2, 0.25) is 21.8 Å². The van der Waals surface area contributed by atoms with E-state index in [2.05, 4.69) is 47.9 Å². The van der Waals surface area contributed by atoms with Gasteiger partial charge in [0, 0.05) is 29.7 Å². The van der Waals surface area contributed by atoms with Crippen molar-refractivity contribution in [1.82, 2.24) is 24.8 Å². The Balaban J connectivity index is 1.12. The van der Waals surface area contributed by atoms with E-state index in [-0.39, 0.29) is 36.6 Å². The average molecular weight is 777 g/mol. The maximum absolute atomic E-state index is 14.8. The molecule has 2 aromatic rings. The molecule has 1 saturated heterocycles. The predicted molar refractivity (Wildman–Crippen MR) is 203 cm³/mol. The normalized spacial score (nSPS) is 30.0. The number of ether oxygens (including phenoxy) is 1. The average Bonchev–Trinajstić information content (AvgIpc) is 3.74. The van der Waals surface area contributed by atoms with E-state index in [9.17, 15) is 27.6 Å². The minimum Gasteiger partial charge on any atom is -0.444 e. The zero-order valence-corrected chi connectivity index (χ0v) is 32.3. The van der Waals surface area contributed by atoms with Gasteiger partial charge in [0.15, 0.2) is 5.13 Å². The van der Waals surface area contributed by atoms with Crippen LogP contribution in [0.25, 0.3) is 6.08 Å². The van der Waals surface area contributed by atoms with Crippen molar-refractivity contribution in [2.45, 2.75) is 119 Å². The van der Waals surface area contributed by atoms with Crippen molar-refractivity contribution in [3.05, 3.63) is 64.7 Å². The molecule has 3 aliphatic carbocycles. The van der Waals surface area contributed by atoms with Crippen molar-refractivity contribution in [3.8, 4) is 0 Å². The van der Waals surface area contributed by atoms with Crippen LogP contribution in [0.3, 0.4) is 0 Å². The summed E-state index contributed by atoms with van der Waals surface area (Å²) < 4.78 is 33.7. The summed E-state index contributed by atoms with van der Waals surface area (Å²) in [4.78, 5) is 64.6. The summed E-state index contributed by atoms with van der Waals surface area (Å²) in [5, 5.41) is 8.34. The minimum absolute atomic E-state index is 0.00475. The van der Waals surface area contributed by atoms with Crippen molar-refractivity contribution in [2.75, 3.05) is 11.9 Å². The number of nitrogens with zero attached hydrogens (tertiary/aromatic N) is 3. The number of nitrogens with one attached hydrogen (secondary N) is 3. The van der Waals surface area contributed by atoms with E-state index < -0.39 is 62.8 Å². The fourth-order valence-electron chi connectivity index (χ4n) is 8.56. The van der Waals surface area contributed by atoms with Crippen molar-refractivity contribution in [2.24, 2.45) is 11.8 Å². The Bertz CT molecular complexity index is 2020. The standard InChI is InChI=1S/C39H48N6O7S2/c1-4-26-18-39(26,35(48)43-54(50,51)28-14-15-28)42-33(46)30-17-27-20-45(30)34(47)32(24-9-5-6-10-24)41-36-40-31(22-53-36)38(2,3)16-8-13-23-11-7-12-25-19-44(21-29(23)25)37(49)52-27/h4,7-8,11-13,22,24,26-28,30,32H,1,5-6,9-10,14-21H2,2-3H3,(H,40,41)(H,42,46)(H,43,48)/b13-8+/t26-,27-,30+,32+,39-/m1/s1.